The smallest absolute Gasteiger partial charge is 0.272 e. The van der Waals surface area contributed by atoms with Gasteiger partial charge in [-0.3, -0.25) is 9.48 Å². The SMILES string of the molecule is CCCn1nccc1C(=O)N1CCCC(CCc2ccc(F)cc2)C1. The van der Waals surface area contributed by atoms with E-state index in [1.807, 2.05) is 27.8 Å². The number of aromatic nitrogens is 2. The van der Waals surface area contributed by atoms with E-state index in [0.29, 0.717) is 11.6 Å². The van der Waals surface area contributed by atoms with Gasteiger partial charge in [0.1, 0.15) is 11.5 Å². The zero-order valence-electron chi connectivity index (χ0n) is 14.8. The van der Waals surface area contributed by atoms with Gasteiger partial charge in [-0.05, 0) is 61.8 Å². The van der Waals surface area contributed by atoms with Crippen LogP contribution in [0.25, 0.3) is 0 Å². The molecule has 1 aromatic heterocycles. The monoisotopic (exact) mass is 343 g/mol. The molecular formula is C20H26FN3O. The van der Waals surface area contributed by atoms with Crippen molar-refractivity contribution < 1.29 is 9.18 Å². The topological polar surface area (TPSA) is 38.1 Å². The van der Waals surface area contributed by atoms with Crippen LogP contribution in [0.15, 0.2) is 36.5 Å². The minimum Gasteiger partial charge on any atom is -0.337 e. The number of rotatable bonds is 6. The van der Waals surface area contributed by atoms with Crippen molar-refractivity contribution in [3.05, 3.63) is 53.6 Å². The molecule has 25 heavy (non-hydrogen) atoms. The fourth-order valence-corrected chi connectivity index (χ4v) is 3.57. The second-order valence-corrected chi connectivity index (χ2v) is 6.86. The van der Waals surface area contributed by atoms with Gasteiger partial charge in [0, 0.05) is 25.8 Å². The molecule has 2 heterocycles. The van der Waals surface area contributed by atoms with Crippen LogP contribution in [0, 0.1) is 11.7 Å². The molecule has 1 saturated heterocycles. The summed E-state index contributed by atoms with van der Waals surface area (Å²) in [6.45, 7) is 4.48. The van der Waals surface area contributed by atoms with Crippen molar-refractivity contribution in [1.82, 2.24) is 14.7 Å². The van der Waals surface area contributed by atoms with Crippen LogP contribution in [-0.2, 0) is 13.0 Å². The summed E-state index contributed by atoms with van der Waals surface area (Å²) >= 11 is 0. The number of carbonyl (C=O) groups excluding carboxylic acids is 1. The third-order valence-electron chi connectivity index (χ3n) is 4.93. The average molecular weight is 343 g/mol. The van der Waals surface area contributed by atoms with Crippen LogP contribution < -0.4 is 0 Å². The number of amides is 1. The third kappa shape index (κ3) is 4.47. The van der Waals surface area contributed by atoms with E-state index >= 15 is 0 Å². The summed E-state index contributed by atoms with van der Waals surface area (Å²) in [5.74, 6) is 0.407. The molecule has 134 valence electrons. The van der Waals surface area contributed by atoms with Crippen LogP contribution in [-0.4, -0.2) is 33.7 Å². The number of aryl methyl sites for hydroxylation is 2. The molecule has 0 bridgehead atoms. The van der Waals surface area contributed by atoms with E-state index in [1.165, 1.54) is 12.1 Å². The van der Waals surface area contributed by atoms with Gasteiger partial charge in [0.15, 0.2) is 0 Å². The lowest BCUT2D eigenvalue weighted by molar-refractivity contribution is 0.0655. The molecule has 0 spiro atoms. The Hall–Kier alpha value is -2.17. The summed E-state index contributed by atoms with van der Waals surface area (Å²) in [5.41, 5.74) is 1.85. The number of nitrogens with zero attached hydrogens (tertiary/aromatic N) is 3. The number of carbonyl (C=O) groups is 1. The maximum Gasteiger partial charge on any atom is 0.272 e. The number of hydrogen-bond donors (Lipinski definition) is 0. The van der Waals surface area contributed by atoms with Gasteiger partial charge in [0.05, 0.1) is 0 Å². The highest BCUT2D eigenvalue weighted by atomic mass is 19.1. The third-order valence-corrected chi connectivity index (χ3v) is 4.93. The van der Waals surface area contributed by atoms with Gasteiger partial charge < -0.3 is 4.90 Å². The lowest BCUT2D eigenvalue weighted by Crippen LogP contribution is -2.41. The summed E-state index contributed by atoms with van der Waals surface area (Å²) < 4.78 is 14.8. The summed E-state index contributed by atoms with van der Waals surface area (Å²) in [7, 11) is 0. The van der Waals surface area contributed by atoms with Crippen LogP contribution in [0.1, 0.15) is 48.7 Å². The Kier molecular flexibility index (Phi) is 5.84. The van der Waals surface area contributed by atoms with E-state index in [0.717, 1.165) is 57.3 Å². The van der Waals surface area contributed by atoms with E-state index in [-0.39, 0.29) is 11.7 Å². The zero-order valence-corrected chi connectivity index (χ0v) is 14.8. The maximum absolute atomic E-state index is 13.0. The van der Waals surface area contributed by atoms with Crippen LogP contribution in [0.4, 0.5) is 4.39 Å². The van der Waals surface area contributed by atoms with Gasteiger partial charge in [0.2, 0.25) is 0 Å². The molecule has 1 fully saturated rings. The number of hydrogen-bond acceptors (Lipinski definition) is 2. The molecule has 3 rings (SSSR count). The van der Waals surface area contributed by atoms with Gasteiger partial charge in [-0.15, -0.1) is 0 Å². The highest BCUT2D eigenvalue weighted by Crippen LogP contribution is 2.23. The Morgan fingerprint density at radius 3 is 2.84 bits per heavy atom. The first-order valence-electron chi connectivity index (χ1n) is 9.23. The normalized spacial score (nSPS) is 17.7. The molecule has 4 nitrogen and oxygen atoms in total. The molecule has 1 amide bonds. The molecule has 0 radical (unpaired) electrons. The van der Waals surface area contributed by atoms with Gasteiger partial charge >= 0.3 is 0 Å². The fraction of sp³-hybridized carbons (Fsp3) is 0.500. The second-order valence-electron chi connectivity index (χ2n) is 6.86. The molecule has 2 aromatic rings. The second kappa shape index (κ2) is 8.28. The molecule has 0 N–H and O–H groups in total. The lowest BCUT2D eigenvalue weighted by Gasteiger charge is -2.33. The quantitative estimate of drug-likeness (QED) is 0.797. The highest BCUT2D eigenvalue weighted by Gasteiger charge is 2.26. The minimum atomic E-state index is -0.193. The molecule has 0 aliphatic carbocycles. The first-order chi connectivity index (χ1) is 12.2. The number of piperidine rings is 1. The zero-order chi connectivity index (χ0) is 17.6. The molecule has 1 unspecified atom stereocenters. The number of likely N-dealkylation sites (tertiary alicyclic amines) is 1. The van der Waals surface area contributed by atoms with E-state index < -0.39 is 0 Å². The van der Waals surface area contributed by atoms with E-state index in [4.69, 9.17) is 0 Å². The van der Waals surface area contributed by atoms with Gasteiger partial charge in [-0.1, -0.05) is 19.1 Å². The Bertz CT molecular complexity index is 695. The van der Waals surface area contributed by atoms with Crippen LogP contribution in [0.5, 0.6) is 0 Å². The summed E-state index contributed by atoms with van der Waals surface area (Å²) in [4.78, 5) is 14.8. The largest absolute Gasteiger partial charge is 0.337 e. The fourth-order valence-electron chi connectivity index (χ4n) is 3.57. The minimum absolute atomic E-state index is 0.0948. The van der Waals surface area contributed by atoms with E-state index in [2.05, 4.69) is 12.0 Å². The number of benzene rings is 1. The summed E-state index contributed by atoms with van der Waals surface area (Å²) in [5, 5.41) is 4.26. The highest BCUT2D eigenvalue weighted by molar-refractivity contribution is 5.92. The Balaban J connectivity index is 1.57. The first-order valence-corrected chi connectivity index (χ1v) is 9.23. The molecule has 1 atom stereocenters. The Labute approximate surface area is 148 Å². The Morgan fingerprint density at radius 1 is 1.28 bits per heavy atom. The predicted octanol–water partition coefficient (Wildman–Crippen LogP) is 3.92. The molecule has 5 heteroatoms. The van der Waals surface area contributed by atoms with E-state index in [1.54, 1.807) is 6.20 Å². The molecule has 1 aromatic carbocycles. The van der Waals surface area contributed by atoms with Crippen molar-refractivity contribution in [1.29, 1.82) is 0 Å². The van der Waals surface area contributed by atoms with Crippen molar-refractivity contribution in [2.75, 3.05) is 13.1 Å². The maximum atomic E-state index is 13.0. The van der Waals surface area contributed by atoms with Crippen molar-refractivity contribution in [3.8, 4) is 0 Å². The predicted molar refractivity (Wildman–Crippen MR) is 95.9 cm³/mol. The van der Waals surface area contributed by atoms with Crippen LogP contribution >= 0.6 is 0 Å². The average Bonchev–Trinajstić information content (AvgIpc) is 3.09. The van der Waals surface area contributed by atoms with Crippen LogP contribution in [0.2, 0.25) is 0 Å². The summed E-state index contributed by atoms with van der Waals surface area (Å²) in [6.07, 6.45) is 6.83. The van der Waals surface area contributed by atoms with Crippen molar-refractivity contribution in [2.45, 2.75) is 45.6 Å². The summed E-state index contributed by atoms with van der Waals surface area (Å²) in [6, 6.07) is 8.55. The molecule has 1 aliphatic heterocycles. The molecular weight excluding hydrogens is 317 g/mol. The lowest BCUT2D eigenvalue weighted by atomic mass is 9.91. The van der Waals surface area contributed by atoms with Crippen molar-refractivity contribution >= 4 is 5.91 Å². The van der Waals surface area contributed by atoms with Gasteiger partial charge in [-0.2, -0.15) is 5.10 Å². The van der Waals surface area contributed by atoms with Crippen LogP contribution in [0.3, 0.4) is 0 Å². The number of halogens is 1. The standard InChI is InChI=1S/C20H26FN3O/c1-2-13-24-19(11-12-22-24)20(25)23-14-3-4-17(15-23)6-5-16-7-9-18(21)10-8-16/h7-12,17H,2-6,13-15H2,1H3. The molecule has 1 aliphatic rings. The van der Waals surface area contributed by atoms with Crippen molar-refractivity contribution in [3.63, 3.8) is 0 Å². The van der Waals surface area contributed by atoms with Crippen molar-refractivity contribution in [2.24, 2.45) is 5.92 Å². The van der Waals surface area contributed by atoms with E-state index in [9.17, 15) is 9.18 Å². The Morgan fingerprint density at radius 2 is 2.08 bits per heavy atom. The first kappa shape index (κ1) is 17.6. The van der Waals surface area contributed by atoms with Gasteiger partial charge in [-0.25, -0.2) is 4.39 Å². The molecule has 0 saturated carbocycles. The van der Waals surface area contributed by atoms with Gasteiger partial charge in [0.25, 0.3) is 5.91 Å².